The van der Waals surface area contributed by atoms with E-state index >= 15 is 0 Å². The summed E-state index contributed by atoms with van der Waals surface area (Å²) in [5.41, 5.74) is 3.22. The summed E-state index contributed by atoms with van der Waals surface area (Å²) in [5.74, 6) is 0.306. The van der Waals surface area contributed by atoms with Crippen LogP contribution in [0.25, 0.3) is 11.0 Å². The predicted molar refractivity (Wildman–Crippen MR) is 144 cm³/mol. The van der Waals surface area contributed by atoms with Gasteiger partial charge in [0.2, 0.25) is 5.75 Å². The first-order valence-corrected chi connectivity index (χ1v) is 13.2. The Balaban J connectivity index is 1.20. The molecule has 6 rings (SSSR count). The monoisotopic (exact) mass is 496 g/mol. The zero-order valence-corrected chi connectivity index (χ0v) is 20.9. The Morgan fingerprint density at radius 3 is 2.14 bits per heavy atom. The molecule has 6 heteroatoms. The lowest BCUT2D eigenvalue weighted by atomic mass is 9.96. The second-order valence-corrected chi connectivity index (χ2v) is 10.1. The Bertz CT molecular complexity index is 1370. The number of phenols is 1. The van der Waals surface area contributed by atoms with E-state index in [-0.39, 0.29) is 23.5 Å². The molecule has 1 aliphatic heterocycles. The average molecular weight is 497 g/mol. The number of aromatic hydroxyl groups is 1. The van der Waals surface area contributed by atoms with Crippen molar-refractivity contribution < 1.29 is 14.3 Å². The van der Waals surface area contributed by atoms with Gasteiger partial charge in [0.15, 0.2) is 11.3 Å². The van der Waals surface area contributed by atoms with Crippen LogP contribution in [0.4, 0.5) is 0 Å². The molecule has 37 heavy (non-hydrogen) atoms. The number of benzene rings is 3. The third-order valence-corrected chi connectivity index (χ3v) is 7.68. The molecule has 6 nitrogen and oxygen atoms in total. The van der Waals surface area contributed by atoms with Gasteiger partial charge in [-0.05, 0) is 48.1 Å². The van der Waals surface area contributed by atoms with E-state index in [0.717, 1.165) is 56.4 Å². The topological polar surface area (TPSA) is 66.2 Å². The van der Waals surface area contributed by atoms with Crippen molar-refractivity contribution in [2.24, 2.45) is 0 Å². The molecule has 190 valence electrons. The molecule has 0 spiro atoms. The normalized spacial score (nSPS) is 17.2. The molecule has 4 aromatic rings. The molecule has 2 fully saturated rings. The summed E-state index contributed by atoms with van der Waals surface area (Å²) in [7, 11) is 0. The van der Waals surface area contributed by atoms with Crippen molar-refractivity contribution in [1.82, 2.24) is 9.80 Å². The third kappa shape index (κ3) is 4.99. The molecule has 0 atom stereocenters. The summed E-state index contributed by atoms with van der Waals surface area (Å²) < 4.78 is 11.3. The van der Waals surface area contributed by atoms with E-state index in [2.05, 4.69) is 70.5 Å². The Morgan fingerprint density at radius 1 is 0.892 bits per heavy atom. The second-order valence-electron chi connectivity index (χ2n) is 10.1. The zero-order valence-electron chi connectivity index (χ0n) is 20.9. The SMILES string of the molecule is O=c1cc(CN2CCN(C(c3ccccc3)c3ccccc3)CC2)c2ccc(OC3CCC3)c(O)c2o1. The first kappa shape index (κ1) is 23.8. The molecule has 2 aliphatic rings. The number of fused-ring (bicyclic) bond motifs is 1. The maximum Gasteiger partial charge on any atom is 0.336 e. The van der Waals surface area contributed by atoms with E-state index in [4.69, 9.17) is 9.15 Å². The van der Waals surface area contributed by atoms with Crippen LogP contribution in [0, 0.1) is 0 Å². The Kier molecular flexibility index (Phi) is 6.68. The van der Waals surface area contributed by atoms with E-state index in [0.29, 0.717) is 12.3 Å². The second kappa shape index (κ2) is 10.4. The van der Waals surface area contributed by atoms with Gasteiger partial charge in [-0.1, -0.05) is 60.7 Å². The predicted octanol–water partition coefficient (Wildman–Crippen LogP) is 5.34. The summed E-state index contributed by atoms with van der Waals surface area (Å²) in [4.78, 5) is 17.3. The standard InChI is InChI=1S/C31H32N2O4/c34-28-20-24(26-14-15-27(30(35)31(26)37-28)36-25-12-7-13-25)21-32-16-18-33(19-17-32)29(22-8-3-1-4-9-22)23-10-5-2-6-11-23/h1-6,8-11,14-15,20,25,29,35H,7,12-13,16-19,21H2. The highest BCUT2D eigenvalue weighted by Gasteiger charge is 2.27. The number of ether oxygens (including phenoxy) is 1. The van der Waals surface area contributed by atoms with E-state index < -0.39 is 5.63 Å². The fourth-order valence-corrected chi connectivity index (χ4v) is 5.46. The fourth-order valence-electron chi connectivity index (χ4n) is 5.46. The summed E-state index contributed by atoms with van der Waals surface area (Å²) in [5, 5.41) is 11.6. The molecule has 1 aliphatic carbocycles. The van der Waals surface area contributed by atoms with E-state index in [1.807, 2.05) is 6.07 Å². The van der Waals surface area contributed by atoms with Gasteiger partial charge in [-0.2, -0.15) is 0 Å². The smallest absolute Gasteiger partial charge is 0.336 e. The Labute approximate surface area is 216 Å². The van der Waals surface area contributed by atoms with Crippen LogP contribution in [0.1, 0.15) is 42.0 Å². The summed E-state index contributed by atoms with van der Waals surface area (Å²) in [6.45, 7) is 4.22. The van der Waals surface area contributed by atoms with Gasteiger partial charge >= 0.3 is 5.63 Å². The molecular formula is C31H32N2O4. The van der Waals surface area contributed by atoms with Gasteiger partial charge in [0.05, 0.1) is 12.1 Å². The van der Waals surface area contributed by atoms with E-state index in [9.17, 15) is 9.90 Å². The number of phenolic OH excluding ortho intramolecular Hbond substituents is 1. The van der Waals surface area contributed by atoms with Crippen LogP contribution in [-0.4, -0.2) is 47.2 Å². The van der Waals surface area contributed by atoms with Crippen molar-refractivity contribution in [2.45, 2.75) is 38.0 Å². The van der Waals surface area contributed by atoms with Gasteiger partial charge in [-0.3, -0.25) is 9.80 Å². The summed E-state index contributed by atoms with van der Waals surface area (Å²) in [6.07, 6.45) is 3.25. The van der Waals surface area contributed by atoms with Crippen LogP contribution in [0.2, 0.25) is 0 Å². The number of rotatable bonds is 7. The molecule has 0 radical (unpaired) electrons. The van der Waals surface area contributed by atoms with Crippen LogP contribution in [0.15, 0.2) is 88.1 Å². The van der Waals surface area contributed by atoms with Crippen molar-refractivity contribution >= 4 is 11.0 Å². The van der Waals surface area contributed by atoms with Gasteiger partial charge in [0.25, 0.3) is 0 Å². The first-order valence-electron chi connectivity index (χ1n) is 13.2. The minimum atomic E-state index is -0.453. The highest BCUT2D eigenvalue weighted by Crippen LogP contribution is 2.38. The average Bonchev–Trinajstić information content (AvgIpc) is 2.90. The molecule has 1 saturated heterocycles. The molecule has 1 aromatic heterocycles. The van der Waals surface area contributed by atoms with Crippen molar-refractivity contribution in [3.63, 3.8) is 0 Å². The first-order chi connectivity index (χ1) is 18.2. The largest absolute Gasteiger partial charge is 0.502 e. The summed E-state index contributed by atoms with van der Waals surface area (Å²) in [6, 6.07) is 26.8. The van der Waals surface area contributed by atoms with Gasteiger partial charge in [-0.15, -0.1) is 0 Å². The van der Waals surface area contributed by atoms with E-state index in [1.54, 1.807) is 12.1 Å². The minimum absolute atomic E-state index is 0.0817. The summed E-state index contributed by atoms with van der Waals surface area (Å²) >= 11 is 0. The quantitative estimate of drug-likeness (QED) is 0.349. The minimum Gasteiger partial charge on any atom is -0.502 e. The highest BCUT2D eigenvalue weighted by atomic mass is 16.5. The van der Waals surface area contributed by atoms with Gasteiger partial charge < -0.3 is 14.3 Å². The highest BCUT2D eigenvalue weighted by molar-refractivity contribution is 5.87. The van der Waals surface area contributed by atoms with Crippen LogP contribution >= 0.6 is 0 Å². The van der Waals surface area contributed by atoms with Gasteiger partial charge in [-0.25, -0.2) is 4.79 Å². The molecular weight excluding hydrogens is 464 g/mol. The van der Waals surface area contributed by atoms with Crippen molar-refractivity contribution in [2.75, 3.05) is 26.2 Å². The molecule has 3 aromatic carbocycles. The maximum atomic E-state index is 12.4. The molecule has 0 unspecified atom stereocenters. The molecule has 0 bridgehead atoms. The number of piperazine rings is 1. The molecule has 1 N–H and O–H groups in total. The Morgan fingerprint density at radius 2 is 1.54 bits per heavy atom. The number of nitrogens with zero attached hydrogens (tertiary/aromatic N) is 2. The number of hydrogen-bond acceptors (Lipinski definition) is 6. The lowest BCUT2D eigenvalue weighted by Gasteiger charge is -2.40. The van der Waals surface area contributed by atoms with Crippen LogP contribution < -0.4 is 10.4 Å². The Hall–Kier alpha value is -3.61. The molecule has 1 saturated carbocycles. The van der Waals surface area contributed by atoms with E-state index in [1.165, 1.54) is 11.1 Å². The van der Waals surface area contributed by atoms with Gasteiger partial charge in [0.1, 0.15) is 0 Å². The fraction of sp³-hybridized carbons (Fsp3) is 0.323. The van der Waals surface area contributed by atoms with Crippen LogP contribution in [-0.2, 0) is 6.54 Å². The molecule has 2 heterocycles. The van der Waals surface area contributed by atoms with Crippen LogP contribution in [0.5, 0.6) is 11.5 Å². The zero-order chi connectivity index (χ0) is 25.2. The maximum absolute atomic E-state index is 12.4. The lowest BCUT2D eigenvalue weighted by molar-refractivity contribution is 0.105. The molecule has 0 amide bonds. The van der Waals surface area contributed by atoms with Crippen LogP contribution in [0.3, 0.4) is 0 Å². The van der Waals surface area contributed by atoms with Crippen molar-refractivity contribution in [3.05, 3.63) is 106 Å². The lowest BCUT2D eigenvalue weighted by Crippen LogP contribution is -2.47. The third-order valence-electron chi connectivity index (χ3n) is 7.68. The number of hydrogen-bond donors (Lipinski definition) is 1. The van der Waals surface area contributed by atoms with Gasteiger partial charge in [0, 0.05) is 44.2 Å². The van der Waals surface area contributed by atoms with Crippen molar-refractivity contribution in [3.8, 4) is 11.5 Å². The van der Waals surface area contributed by atoms with Crippen molar-refractivity contribution in [1.29, 1.82) is 0 Å².